The Morgan fingerprint density at radius 2 is 1.61 bits per heavy atom. The van der Waals surface area contributed by atoms with E-state index in [4.69, 9.17) is 0 Å². The van der Waals surface area contributed by atoms with Gasteiger partial charge < -0.3 is 10.2 Å². The monoisotopic (exact) mass is 308 g/mol. The molecule has 0 aromatic heterocycles. The van der Waals surface area contributed by atoms with Crippen LogP contribution < -0.4 is 10.2 Å². The van der Waals surface area contributed by atoms with Crippen molar-refractivity contribution in [3.8, 4) is 0 Å². The molecule has 0 radical (unpaired) electrons. The van der Waals surface area contributed by atoms with Gasteiger partial charge in [-0.1, -0.05) is 38.1 Å². The summed E-state index contributed by atoms with van der Waals surface area (Å²) in [5.41, 5.74) is 4.21. The Morgan fingerprint density at radius 1 is 1.00 bits per heavy atom. The quantitative estimate of drug-likeness (QED) is 0.823. The first-order valence-electron chi connectivity index (χ1n) is 7.82. The summed E-state index contributed by atoms with van der Waals surface area (Å²) in [6.07, 6.45) is 3.39. The van der Waals surface area contributed by atoms with Crippen molar-refractivity contribution in [3.63, 3.8) is 0 Å². The second-order valence-electron chi connectivity index (χ2n) is 6.09. The predicted molar refractivity (Wildman–Crippen MR) is 99.0 cm³/mol. The van der Waals surface area contributed by atoms with Gasteiger partial charge in [0.15, 0.2) is 0 Å². The maximum Gasteiger partial charge on any atom is 0.248 e. The van der Waals surface area contributed by atoms with Crippen LogP contribution in [0.3, 0.4) is 0 Å². The Morgan fingerprint density at radius 3 is 2.13 bits per heavy atom. The summed E-state index contributed by atoms with van der Waals surface area (Å²) in [5, 5.41) is 2.86. The zero-order valence-electron chi connectivity index (χ0n) is 14.2. The highest BCUT2D eigenvalue weighted by molar-refractivity contribution is 6.02. The van der Waals surface area contributed by atoms with E-state index in [1.54, 1.807) is 6.08 Å². The summed E-state index contributed by atoms with van der Waals surface area (Å²) < 4.78 is 0. The van der Waals surface area contributed by atoms with Crippen molar-refractivity contribution in [1.29, 1.82) is 0 Å². The van der Waals surface area contributed by atoms with Crippen LogP contribution in [0, 0.1) is 0 Å². The van der Waals surface area contributed by atoms with Gasteiger partial charge in [-0.05, 0) is 47.4 Å². The van der Waals surface area contributed by atoms with Crippen LogP contribution in [0.1, 0.15) is 30.9 Å². The topological polar surface area (TPSA) is 32.3 Å². The number of carbonyl (C=O) groups is 1. The Labute approximate surface area is 138 Å². The number of amides is 1. The minimum absolute atomic E-state index is 0.129. The van der Waals surface area contributed by atoms with Crippen molar-refractivity contribution in [2.24, 2.45) is 0 Å². The van der Waals surface area contributed by atoms with Crippen molar-refractivity contribution in [1.82, 2.24) is 0 Å². The van der Waals surface area contributed by atoms with Gasteiger partial charge in [0.05, 0.1) is 0 Å². The average Bonchev–Trinajstić information content (AvgIpc) is 2.54. The van der Waals surface area contributed by atoms with Gasteiger partial charge in [-0.25, -0.2) is 0 Å². The minimum Gasteiger partial charge on any atom is -0.378 e. The molecule has 0 atom stereocenters. The van der Waals surface area contributed by atoms with Crippen molar-refractivity contribution >= 4 is 23.4 Å². The third-order valence-electron chi connectivity index (χ3n) is 3.68. The van der Waals surface area contributed by atoms with Gasteiger partial charge in [-0.15, -0.1) is 0 Å². The number of hydrogen-bond acceptors (Lipinski definition) is 2. The van der Waals surface area contributed by atoms with Crippen LogP contribution in [0.2, 0.25) is 0 Å². The van der Waals surface area contributed by atoms with E-state index in [1.165, 1.54) is 5.56 Å². The lowest BCUT2D eigenvalue weighted by atomic mass is 10.0. The smallest absolute Gasteiger partial charge is 0.248 e. The first-order valence-corrected chi connectivity index (χ1v) is 7.82. The summed E-state index contributed by atoms with van der Waals surface area (Å²) in [4.78, 5) is 14.0. The molecule has 0 heterocycles. The van der Waals surface area contributed by atoms with Crippen LogP contribution in [0.15, 0.2) is 54.6 Å². The molecule has 0 aliphatic rings. The van der Waals surface area contributed by atoms with Crippen molar-refractivity contribution < 1.29 is 4.79 Å². The van der Waals surface area contributed by atoms with Gasteiger partial charge in [0.25, 0.3) is 0 Å². The highest BCUT2D eigenvalue weighted by Crippen LogP contribution is 2.17. The lowest BCUT2D eigenvalue weighted by molar-refractivity contribution is -0.111. The third-order valence-corrected chi connectivity index (χ3v) is 3.68. The van der Waals surface area contributed by atoms with Crippen LogP contribution in [0.25, 0.3) is 6.08 Å². The molecule has 3 heteroatoms. The van der Waals surface area contributed by atoms with Crippen molar-refractivity contribution in [2.75, 3.05) is 24.3 Å². The zero-order chi connectivity index (χ0) is 16.8. The van der Waals surface area contributed by atoms with Crippen LogP contribution in [-0.4, -0.2) is 20.0 Å². The maximum absolute atomic E-state index is 12.0. The first kappa shape index (κ1) is 16.8. The molecule has 0 unspecified atom stereocenters. The summed E-state index contributed by atoms with van der Waals surface area (Å²) in [7, 11) is 3.97. The molecule has 2 aromatic carbocycles. The van der Waals surface area contributed by atoms with E-state index < -0.39 is 0 Å². The summed E-state index contributed by atoms with van der Waals surface area (Å²) in [6.45, 7) is 4.33. The Balaban J connectivity index is 1.95. The third kappa shape index (κ3) is 4.99. The number of nitrogens with one attached hydrogen (secondary N) is 1. The molecule has 0 fully saturated rings. The molecule has 1 N–H and O–H groups in total. The van der Waals surface area contributed by atoms with Crippen molar-refractivity contribution in [2.45, 2.75) is 19.8 Å². The van der Waals surface area contributed by atoms with Crippen LogP contribution in [0.4, 0.5) is 11.4 Å². The van der Waals surface area contributed by atoms with Gasteiger partial charge in [-0.2, -0.15) is 0 Å². The lowest BCUT2D eigenvalue weighted by Gasteiger charge is -2.12. The standard InChI is InChI=1S/C20H24N2O/c1-15(2)17-8-5-16(6-9-17)7-14-20(23)21-18-10-12-19(13-11-18)22(3)4/h5-15H,1-4H3,(H,21,23)/b14-7+. The van der Waals surface area contributed by atoms with E-state index in [0.717, 1.165) is 16.9 Å². The molecular formula is C20H24N2O. The molecule has 2 rings (SSSR count). The molecule has 0 aliphatic heterocycles. The van der Waals surface area contributed by atoms with Gasteiger partial charge in [0.2, 0.25) is 5.91 Å². The number of rotatable bonds is 5. The molecule has 3 nitrogen and oxygen atoms in total. The fourth-order valence-corrected chi connectivity index (χ4v) is 2.19. The molecule has 120 valence electrons. The largest absolute Gasteiger partial charge is 0.378 e. The van der Waals surface area contributed by atoms with E-state index in [2.05, 4.69) is 31.3 Å². The lowest BCUT2D eigenvalue weighted by Crippen LogP contribution is -2.10. The summed E-state index contributed by atoms with van der Waals surface area (Å²) in [6, 6.07) is 16.0. The molecule has 0 saturated heterocycles. The Bertz CT molecular complexity index is 668. The number of carbonyl (C=O) groups excluding carboxylic acids is 1. The fraction of sp³-hybridized carbons (Fsp3) is 0.250. The van der Waals surface area contributed by atoms with E-state index in [1.807, 2.05) is 61.5 Å². The average molecular weight is 308 g/mol. The molecule has 2 aromatic rings. The van der Waals surface area contributed by atoms with E-state index in [-0.39, 0.29) is 5.91 Å². The summed E-state index contributed by atoms with van der Waals surface area (Å²) in [5.74, 6) is 0.386. The Kier molecular flexibility index (Phi) is 5.58. The van der Waals surface area contributed by atoms with Gasteiger partial charge >= 0.3 is 0 Å². The molecule has 0 bridgehead atoms. The molecule has 0 saturated carbocycles. The minimum atomic E-state index is -0.129. The van der Waals surface area contributed by atoms with Gasteiger partial charge in [0, 0.05) is 31.5 Å². The normalized spacial score (nSPS) is 11.0. The molecule has 1 amide bonds. The predicted octanol–water partition coefficient (Wildman–Crippen LogP) is 4.53. The first-order chi connectivity index (χ1) is 11.0. The molecule has 0 aliphatic carbocycles. The van der Waals surface area contributed by atoms with Crippen LogP contribution >= 0.6 is 0 Å². The Hall–Kier alpha value is -2.55. The molecule has 23 heavy (non-hydrogen) atoms. The van der Waals surface area contributed by atoms with Crippen LogP contribution in [-0.2, 0) is 4.79 Å². The summed E-state index contributed by atoms with van der Waals surface area (Å²) >= 11 is 0. The highest BCUT2D eigenvalue weighted by Gasteiger charge is 2.00. The van der Waals surface area contributed by atoms with E-state index in [0.29, 0.717) is 5.92 Å². The number of hydrogen-bond donors (Lipinski definition) is 1. The van der Waals surface area contributed by atoms with Gasteiger partial charge in [0.1, 0.15) is 0 Å². The zero-order valence-corrected chi connectivity index (χ0v) is 14.2. The highest BCUT2D eigenvalue weighted by atomic mass is 16.1. The maximum atomic E-state index is 12.0. The van der Waals surface area contributed by atoms with Crippen LogP contribution in [0.5, 0.6) is 0 Å². The van der Waals surface area contributed by atoms with E-state index in [9.17, 15) is 4.79 Å². The second-order valence-corrected chi connectivity index (χ2v) is 6.09. The van der Waals surface area contributed by atoms with Crippen molar-refractivity contribution in [3.05, 3.63) is 65.7 Å². The fourth-order valence-electron chi connectivity index (χ4n) is 2.19. The van der Waals surface area contributed by atoms with E-state index >= 15 is 0 Å². The van der Waals surface area contributed by atoms with Gasteiger partial charge in [-0.3, -0.25) is 4.79 Å². The second kappa shape index (κ2) is 7.63. The number of nitrogens with zero attached hydrogens (tertiary/aromatic N) is 1. The molecule has 0 spiro atoms. The SMILES string of the molecule is CC(C)c1ccc(/C=C/C(=O)Nc2ccc(N(C)C)cc2)cc1. The number of benzene rings is 2. The molecular weight excluding hydrogens is 284 g/mol. The number of anilines is 2.